The van der Waals surface area contributed by atoms with Gasteiger partial charge in [-0.25, -0.2) is 0 Å². The summed E-state index contributed by atoms with van der Waals surface area (Å²) in [6.07, 6.45) is 0.945. The SMILES string of the molecule is Cc1onc(-c2ccc(Br)cc2)c1C(=O)C12CC(CN3CCN(C(C)C)CC3)N1C2. The molecule has 3 aliphatic heterocycles. The Morgan fingerprint density at radius 1 is 1.23 bits per heavy atom. The molecule has 0 radical (unpaired) electrons. The summed E-state index contributed by atoms with van der Waals surface area (Å²) in [6.45, 7) is 12.9. The molecule has 5 rings (SSSR count). The molecule has 160 valence electrons. The molecule has 0 spiro atoms. The summed E-state index contributed by atoms with van der Waals surface area (Å²) in [6, 6.07) is 9.00. The largest absolute Gasteiger partial charge is 0.360 e. The monoisotopic (exact) mass is 472 g/mol. The molecule has 30 heavy (non-hydrogen) atoms. The van der Waals surface area contributed by atoms with Crippen molar-refractivity contribution >= 4 is 21.7 Å². The predicted octanol–water partition coefficient (Wildman–Crippen LogP) is 3.45. The number of Topliss-reactive ketones (excluding diaryl/α,β-unsaturated/α-hetero) is 1. The number of benzene rings is 1. The number of ketones is 1. The molecular weight excluding hydrogens is 444 g/mol. The van der Waals surface area contributed by atoms with E-state index in [-0.39, 0.29) is 11.3 Å². The lowest BCUT2D eigenvalue weighted by molar-refractivity contribution is 0.0549. The molecule has 0 bridgehead atoms. The first kappa shape index (κ1) is 20.4. The summed E-state index contributed by atoms with van der Waals surface area (Å²) in [7, 11) is 0. The molecule has 1 aromatic carbocycles. The summed E-state index contributed by atoms with van der Waals surface area (Å²) in [5.41, 5.74) is 1.93. The molecule has 2 aromatic rings. The van der Waals surface area contributed by atoms with Crippen LogP contribution >= 0.6 is 15.9 Å². The normalized spacial score (nSPS) is 29.0. The number of hydrogen-bond acceptors (Lipinski definition) is 6. The van der Waals surface area contributed by atoms with Crippen LogP contribution in [0, 0.1) is 6.92 Å². The Kier molecular flexibility index (Phi) is 5.13. The minimum Gasteiger partial charge on any atom is -0.360 e. The van der Waals surface area contributed by atoms with Crippen molar-refractivity contribution in [3.63, 3.8) is 0 Å². The van der Waals surface area contributed by atoms with E-state index < -0.39 is 0 Å². The van der Waals surface area contributed by atoms with E-state index in [0.717, 1.165) is 55.7 Å². The van der Waals surface area contributed by atoms with Gasteiger partial charge in [0, 0.05) is 61.4 Å². The number of piperazine rings is 1. The predicted molar refractivity (Wildman–Crippen MR) is 120 cm³/mol. The lowest BCUT2D eigenvalue weighted by atomic mass is 9.84. The Bertz CT molecular complexity index is 949. The van der Waals surface area contributed by atoms with E-state index in [4.69, 9.17) is 4.52 Å². The van der Waals surface area contributed by atoms with Gasteiger partial charge in [0.05, 0.1) is 11.1 Å². The average Bonchev–Trinajstić information content (AvgIpc) is 3.16. The molecular formula is C23H29BrN4O2. The second-order valence-corrected chi connectivity index (χ2v) is 10.2. The molecule has 3 aliphatic rings. The second-order valence-electron chi connectivity index (χ2n) is 9.25. The molecule has 3 unspecified atom stereocenters. The lowest BCUT2D eigenvalue weighted by Gasteiger charge is -2.42. The number of nitrogens with zero attached hydrogens (tertiary/aromatic N) is 4. The maximum absolute atomic E-state index is 13.5. The average molecular weight is 473 g/mol. The van der Waals surface area contributed by atoms with Gasteiger partial charge in [-0.2, -0.15) is 0 Å². The Morgan fingerprint density at radius 2 is 1.93 bits per heavy atom. The minimum absolute atomic E-state index is 0.181. The van der Waals surface area contributed by atoms with Crippen molar-refractivity contribution in [3.05, 3.63) is 40.1 Å². The zero-order valence-corrected chi connectivity index (χ0v) is 19.5. The number of hydrogen-bond donors (Lipinski definition) is 0. The zero-order valence-electron chi connectivity index (χ0n) is 17.9. The molecule has 4 heterocycles. The van der Waals surface area contributed by atoms with E-state index in [2.05, 4.69) is 49.6 Å². The van der Waals surface area contributed by atoms with Gasteiger partial charge in [-0.1, -0.05) is 33.2 Å². The highest BCUT2D eigenvalue weighted by atomic mass is 79.9. The Labute approximate surface area is 186 Å². The fourth-order valence-electron chi connectivity index (χ4n) is 5.19. The van der Waals surface area contributed by atoms with Gasteiger partial charge in [0.2, 0.25) is 0 Å². The van der Waals surface area contributed by atoms with Crippen molar-refractivity contribution in [2.75, 3.05) is 39.3 Å². The molecule has 6 nitrogen and oxygen atoms in total. The van der Waals surface area contributed by atoms with Crippen molar-refractivity contribution in [3.8, 4) is 11.3 Å². The van der Waals surface area contributed by atoms with Crippen molar-refractivity contribution in [1.82, 2.24) is 19.9 Å². The van der Waals surface area contributed by atoms with Crippen LogP contribution in [0.5, 0.6) is 0 Å². The van der Waals surface area contributed by atoms with Crippen molar-refractivity contribution < 1.29 is 9.32 Å². The quantitative estimate of drug-likeness (QED) is 0.473. The first-order chi connectivity index (χ1) is 14.4. The molecule has 3 fully saturated rings. The Morgan fingerprint density at radius 3 is 2.57 bits per heavy atom. The van der Waals surface area contributed by atoms with Gasteiger partial charge >= 0.3 is 0 Å². The third-order valence-electron chi connectivity index (χ3n) is 7.13. The van der Waals surface area contributed by atoms with Crippen LogP contribution in [-0.2, 0) is 0 Å². The minimum atomic E-state index is -0.315. The summed E-state index contributed by atoms with van der Waals surface area (Å²) < 4.78 is 6.45. The van der Waals surface area contributed by atoms with Crippen LogP contribution in [0.15, 0.2) is 33.3 Å². The van der Waals surface area contributed by atoms with E-state index in [0.29, 0.717) is 29.1 Å². The lowest BCUT2D eigenvalue weighted by Crippen LogP contribution is -2.56. The molecule has 7 heteroatoms. The highest BCUT2D eigenvalue weighted by Gasteiger charge is 2.70. The first-order valence-electron chi connectivity index (χ1n) is 10.9. The fraction of sp³-hybridized carbons (Fsp3) is 0.565. The molecule has 3 saturated heterocycles. The number of rotatable bonds is 6. The van der Waals surface area contributed by atoms with E-state index in [9.17, 15) is 4.79 Å². The van der Waals surface area contributed by atoms with Crippen molar-refractivity contribution in [2.24, 2.45) is 0 Å². The van der Waals surface area contributed by atoms with E-state index in [1.54, 1.807) is 0 Å². The maximum Gasteiger partial charge on any atom is 0.190 e. The van der Waals surface area contributed by atoms with Gasteiger partial charge in [-0.3, -0.25) is 19.5 Å². The number of aryl methyl sites for hydroxylation is 1. The molecule has 0 N–H and O–H groups in total. The number of carbonyl (C=O) groups excluding carboxylic acids is 1. The first-order valence-corrected chi connectivity index (χ1v) is 11.7. The van der Waals surface area contributed by atoms with Gasteiger partial charge in [0.15, 0.2) is 5.78 Å². The third kappa shape index (κ3) is 3.36. The van der Waals surface area contributed by atoms with E-state index in [1.807, 2.05) is 31.2 Å². The highest BCUT2D eigenvalue weighted by molar-refractivity contribution is 9.10. The zero-order chi connectivity index (χ0) is 21.0. The van der Waals surface area contributed by atoms with E-state index in [1.165, 1.54) is 0 Å². The molecule has 0 aliphatic carbocycles. The highest BCUT2D eigenvalue weighted by Crippen LogP contribution is 2.53. The number of aromatic nitrogens is 1. The number of halogens is 1. The van der Waals surface area contributed by atoms with Gasteiger partial charge in [-0.05, 0) is 39.3 Å². The standard InChI is InChI=1S/C23H29BrN4O2/c1-15(2)27-10-8-26(9-11-27)13-19-12-23(14-28(19)23)22(29)20-16(3)30-25-21(20)17-4-6-18(24)7-5-17/h4-7,15,19H,8-14H2,1-3H3. The van der Waals surface area contributed by atoms with E-state index >= 15 is 0 Å². The third-order valence-corrected chi connectivity index (χ3v) is 7.66. The molecule has 1 aromatic heterocycles. The van der Waals surface area contributed by atoms with Gasteiger partial charge < -0.3 is 4.52 Å². The molecule has 0 saturated carbocycles. The van der Waals surface area contributed by atoms with Gasteiger partial charge in [0.1, 0.15) is 11.5 Å². The summed E-state index contributed by atoms with van der Waals surface area (Å²) in [5, 5.41) is 4.22. The smallest absolute Gasteiger partial charge is 0.190 e. The Hall–Kier alpha value is -1.54. The van der Waals surface area contributed by atoms with Crippen LogP contribution in [0.25, 0.3) is 11.3 Å². The van der Waals surface area contributed by atoms with Crippen LogP contribution in [0.3, 0.4) is 0 Å². The van der Waals surface area contributed by atoms with Crippen LogP contribution in [0.4, 0.5) is 0 Å². The number of fused-ring (bicyclic) bond motifs is 1. The van der Waals surface area contributed by atoms with Gasteiger partial charge in [-0.15, -0.1) is 0 Å². The topological polar surface area (TPSA) is 52.6 Å². The summed E-state index contributed by atoms with van der Waals surface area (Å²) in [5.74, 6) is 0.799. The molecule has 3 atom stereocenters. The van der Waals surface area contributed by atoms with Gasteiger partial charge in [0.25, 0.3) is 0 Å². The number of carbonyl (C=O) groups is 1. The maximum atomic E-state index is 13.5. The summed E-state index contributed by atoms with van der Waals surface area (Å²) >= 11 is 3.46. The second kappa shape index (κ2) is 7.55. The van der Waals surface area contributed by atoms with Crippen molar-refractivity contribution in [2.45, 2.75) is 44.8 Å². The van der Waals surface area contributed by atoms with Crippen LogP contribution < -0.4 is 0 Å². The fourth-order valence-corrected chi connectivity index (χ4v) is 5.45. The summed E-state index contributed by atoms with van der Waals surface area (Å²) in [4.78, 5) is 21.0. The van der Waals surface area contributed by atoms with Crippen molar-refractivity contribution in [1.29, 1.82) is 0 Å². The van der Waals surface area contributed by atoms with Crippen LogP contribution in [0.1, 0.15) is 36.4 Å². The molecule has 0 amide bonds. The van der Waals surface area contributed by atoms with Crippen LogP contribution in [0.2, 0.25) is 0 Å². The Balaban J connectivity index is 1.25. The van der Waals surface area contributed by atoms with Crippen LogP contribution in [-0.4, -0.2) is 82.5 Å².